The Kier molecular flexibility index (Phi) is 7.60. The largest absolute Gasteiger partial charge is 0.372 e. The minimum absolute atomic E-state index is 0.0440. The van der Waals surface area contributed by atoms with Gasteiger partial charge in [-0.2, -0.15) is 4.98 Å². The van der Waals surface area contributed by atoms with Gasteiger partial charge < -0.3 is 14.7 Å². The monoisotopic (exact) mass is 491 g/mol. The number of rotatable bonds is 7. The third-order valence-corrected chi connectivity index (χ3v) is 7.28. The van der Waals surface area contributed by atoms with Gasteiger partial charge in [-0.1, -0.05) is 17.3 Å². The molecule has 2 fully saturated rings. The maximum Gasteiger partial charge on any atom is 0.241 e. The topological polar surface area (TPSA) is 74.5 Å². The Bertz CT molecular complexity index is 1140. The van der Waals surface area contributed by atoms with Gasteiger partial charge >= 0.3 is 0 Å². The number of benzene rings is 2. The van der Waals surface area contributed by atoms with Crippen molar-refractivity contribution in [2.24, 2.45) is 5.92 Å². The van der Waals surface area contributed by atoms with E-state index in [0.717, 1.165) is 38.0 Å². The van der Waals surface area contributed by atoms with Gasteiger partial charge in [-0.3, -0.25) is 9.69 Å². The Morgan fingerprint density at radius 1 is 1.06 bits per heavy atom. The first-order valence-corrected chi connectivity index (χ1v) is 13.0. The second kappa shape index (κ2) is 11.2. The fourth-order valence-electron chi connectivity index (χ4n) is 5.18. The van der Waals surface area contributed by atoms with Crippen molar-refractivity contribution in [3.05, 3.63) is 65.8 Å². The van der Waals surface area contributed by atoms with Crippen LogP contribution >= 0.6 is 0 Å². The number of aromatic nitrogens is 2. The van der Waals surface area contributed by atoms with Gasteiger partial charge in [0.2, 0.25) is 17.6 Å². The van der Waals surface area contributed by atoms with Crippen molar-refractivity contribution in [3.63, 3.8) is 0 Å². The summed E-state index contributed by atoms with van der Waals surface area (Å²) in [6.07, 6.45) is 5.65. The molecule has 2 atom stereocenters. The van der Waals surface area contributed by atoms with E-state index in [1.54, 1.807) is 12.1 Å². The molecule has 2 unspecified atom stereocenters. The molecule has 36 heavy (non-hydrogen) atoms. The molecule has 1 amide bonds. The number of carbonyl (C=O) groups excluding carboxylic acids is 1. The molecule has 0 bridgehead atoms. The number of nitrogens with zero attached hydrogens (tertiary/aromatic N) is 4. The molecule has 3 aromatic rings. The Morgan fingerprint density at radius 3 is 2.56 bits per heavy atom. The fraction of sp³-hybridized carbons (Fsp3) is 0.464. The number of nitrogens with one attached hydrogen (secondary N) is 1. The number of hydrogen-bond acceptors (Lipinski definition) is 6. The molecule has 2 aliphatic heterocycles. The summed E-state index contributed by atoms with van der Waals surface area (Å²) in [6, 6.07) is 14.6. The predicted molar refractivity (Wildman–Crippen MR) is 137 cm³/mol. The highest BCUT2D eigenvalue weighted by molar-refractivity contribution is 5.79. The number of amides is 1. The van der Waals surface area contributed by atoms with Crippen LogP contribution in [0.2, 0.25) is 0 Å². The van der Waals surface area contributed by atoms with Gasteiger partial charge in [0.05, 0.1) is 18.5 Å². The first kappa shape index (κ1) is 24.4. The zero-order valence-corrected chi connectivity index (χ0v) is 20.8. The Labute approximate surface area is 211 Å². The van der Waals surface area contributed by atoms with Crippen LogP contribution in [0.3, 0.4) is 0 Å². The zero-order chi connectivity index (χ0) is 24.9. The minimum atomic E-state index is -0.302. The third kappa shape index (κ3) is 5.93. The number of anilines is 1. The summed E-state index contributed by atoms with van der Waals surface area (Å²) in [7, 11) is 0. The Balaban J connectivity index is 1.14. The fourth-order valence-corrected chi connectivity index (χ4v) is 5.18. The first-order chi connectivity index (χ1) is 17.5. The zero-order valence-electron chi connectivity index (χ0n) is 20.8. The van der Waals surface area contributed by atoms with Gasteiger partial charge in [-0.15, -0.1) is 0 Å². The van der Waals surface area contributed by atoms with Gasteiger partial charge in [0, 0.05) is 30.9 Å². The van der Waals surface area contributed by atoms with Crippen LogP contribution in [-0.4, -0.2) is 47.1 Å². The van der Waals surface area contributed by atoms with Crippen LogP contribution in [0.1, 0.15) is 56.5 Å². The van der Waals surface area contributed by atoms with E-state index in [4.69, 9.17) is 4.52 Å². The average Bonchev–Trinajstić information content (AvgIpc) is 3.38. The molecular formula is C28H34FN5O2. The highest BCUT2D eigenvalue weighted by atomic mass is 19.1. The normalized spacial score (nSPS) is 19.7. The van der Waals surface area contributed by atoms with Crippen LogP contribution in [0.4, 0.5) is 10.1 Å². The average molecular weight is 492 g/mol. The van der Waals surface area contributed by atoms with Crippen LogP contribution in [-0.2, 0) is 11.3 Å². The van der Waals surface area contributed by atoms with E-state index in [1.807, 2.05) is 6.92 Å². The molecule has 0 aliphatic carbocycles. The van der Waals surface area contributed by atoms with Crippen molar-refractivity contribution in [2.45, 2.75) is 51.6 Å². The van der Waals surface area contributed by atoms with E-state index in [9.17, 15) is 9.18 Å². The van der Waals surface area contributed by atoms with Crippen molar-refractivity contribution >= 4 is 11.6 Å². The van der Waals surface area contributed by atoms with Crippen LogP contribution in [0.15, 0.2) is 53.1 Å². The van der Waals surface area contributed by atoms with E-state index in [0.29, 0.717) is 30.4 Å². The van der Waals surface area contributed by atoms with E-state index >= 15 is 0 Å². The van der Waals surface area contributed by atoms with Gasteiger partial charge in [0.15, 0.2) is 0 Å². The molecule has 0 spiro atoms. The number of carbonyl (C=O) groups is 1. The maximum atomic E-state index is 13.2. The third-order valence-electron chi connectivity index (χ3n) is 7.28. The highest BCUT2D eigenvalue weighted by Crippen LogP contribution is 2.24. The lowest BCUT2D eigenvalue weighted by Crippen LogP contribution is -2.43. The molecule has 8 heteroatoms. The van der Waals surface area contributed by atoms with Crippen molar-refractivity contribution in [2.75, 3.05) is 31.1 Å². The number of hydrogen-bond donors (Lipinski definition) is 1. The highest BCUT2D eigenvalue weighted by Gasteiger charge is 2.28. The van der Waals surface area contributed by atoms with E-state index in [2.05, 4.69) is 49.5 Å². The molecule has 2 aromatic carbocycles. The molecule has 2 saturated heterocycles. The van der Waals surface area contributed by atoms with Gasteiger partial charge in [0.1, 0.15) is 5.82 Å². The molecule has 5 rings (SSSR count). The summed E-state index contributed by atoms with van der Waals surface area (Å²) in [5.41, 5.74) is 3.10. The van der Waals surface area contributed by atoms with Crippen LogP contribution in [0, 0.1) is 11.7 Å². The lowest BCUT2D eigenvalue weighted by molar-refractivity contribution is -0.127. The van der Waals surface area contributed by atoms with E-state index in [-0.39, 0.29) is 23.7 Å². The molecule has 0 saturated carbocycles. The summed E-state index contributed by atoms with van der Waals surface area (Å²) in [6.45, 7) is 6.32. The summed E-state index contributed by atoms with van der Waals surface area (Å²) in [4.78, 5) is 22.2. The van der Waals surface area contributed by atoms with Gasteiger partial charge in [-0.05, 0) is 87.5 Å². The van der Waals surface area contributed by atoms with E-state index in [1.165, 1.54) is 37.1 Å². The molecular weight excluding hydrogens is 457 g/mol. The van der Waals surface area contributed by atoms with Gasteiger partial charge in [-0.25, -0.2) is 4.39 Å². The smallest absolute Gasteiger partial charge is 0.241 e. The number of likely N-dealkylation sites (tertiary alicyclic amines) is 1. The molecule has 0 radical (unpaired) electrons. The van der Waals surface area contributed by atoms with Crippen LogP contribution in [0.25, 0.3) is 11.4 Å². The maximum absolute atomic E-state index is 13.2. The molecule has 2 aliphatic rings. The number of piperidine rings is 2. The lowest BCUT2D eigenvalue weighted by atomic mass is 9.96. The standard InChI is InChI=1S/C28H34FN5O2/c1-20(21-9-13-25(14-10-21)34-16-3-2-4-17-34)30-28(35)23-6-5-15-33(18-23)19-26-31-27(32-36-26)22-7-11-24(29)12-8-22/h7-14,20,23H,2-6,15-19H2,1H3,(H,30,35). The Hall–Kier alpha value is -3.26. The summed E-state index contributed by atoms with van der Waals surface area (Å²) in [5.74, 6) is 0.649. The van der Waals surface area contributed by atoms with Gasteiger partial charge in [0.25, 0.3) is 0 Å². The van der Waals surface area contributed by atoms with Crippen molar-refractivity contribution < 1.29 is 13.7 Å². The lowest BCUT2D eigenvalue weighted by Gasteiger charge is -2.31. The second-order valence-electron chi connectivity index (χ2n) is 9.96. The van der Waals surface area contributed by atoms with Crippen LogP contribution < -0.4 is 10.2 Å². The first-order valence-electron chi connectivity index (χ1n) is 13.0. The Morgan fingerprint density at radius 2 is 1.81 bits per heavy atom. The molecule has 7 nitrogen and oxygen atoms in total. The summed E-state index contributed by atoms with van der Waals surface area (Å²) < 4.78 is 18.6. The summed E-state index contributed by atoms with van der Waals surface area (Å²) in [5, 5.41) is 7.25. The van der Waals surface area contributed by atoms with Crippen molar-refractivity contribution in [1.82, 2.24) is 20.4 Å². The molecule has 190 valence electrons. The van der Waals surface area contributed by atoms with Crippen molar-refractivity contribution in [3.8, 4) is 11.4 Å². The molecule has 1 aromatic heterocycles. The molecule has 3 heterocycles. The SMILES string of the molecule is CC(NC(=O)C1CCCN(Cc2nc(-c3ccc(F)cc3)no2)C1)c1ccc(N2CCCCC2)cc1. The van der Waals surface area contributed by atoms with E-state index < -0.39 is 0 Å². The van der Waals surface area contributed by atoms with Crippen molar-refractivity contribution in [1.29, 1.82) is 0 Å². The number of halogens is 1. The summed E-state index contributed by atoms with van der Waals surface area (Å²) >= 11 is 0. The van der Waals surface area contributed by atoms with Crippen LogP contribution in [0.5, 0.6) is 0 Å². The second-order valence-corrected chi connectivity index (χ2v) is 9.96. The quantitative estimate of drug-likeness (QED) is 0.504. The molecule has 1 N–H and O–H groups in total. The predicted octanol–water partition coefficient (Wildman–Crippen LogP) is 4.96. The minimum Gasteiger partial charge on any atom is -0.372 e.